The van der Waals surface area contributed by atoms with Crippen LogP contribution in [0.4, 0.5) is 10.5 Å². The summed E-state index contributed by atoms with van der Waals surface area (Å²) in [6, 6.07) is 10.9. The van der Waals surface area contributed by atoms with Crippen molar-refractivity contribution >= 4 is 40.8 Å². The quantitative estimate of drug-likeness (QED) is 0.452. The average molecular weight is 407 g/mol. The monoisotopic (exact) mass is 406 g/mol. The molecule has 1 aliphatic rings. The molecule has 1 aliphatic carbocycles. The van der Waals surface area contributed by atoms with Crippen LogP contribution >= 0.6 is 23.2 Å². The van der Waals surface area contributed by atoms with Crippen LogP contribution in [0.1, 0.15) is 33.9 Å². The zero-order valence-electron chi connectivity index (χ0n) is 14.5. The fraction of sp³-hybridized carbons (Fsp3) is 0.263. The summed E-state index contributed by atoms with van der Waals surface area (Å²) in [5.41, 5.74) is 8.53. The number of nitrogens with two attached hydrogens (primary N) is 1. The van der Waals surface area contributed by atoms with Gasteiger partial charge in [-0.1, -0.05) is 47.5 Å². The maximum atomic E-state index is 12.2. The lowest BCUT2D eigenvalue weighted by Gasteiger charge is -2.15. The van der Waals surface area contributed by atoms with Crippen LogP contribution in [0.25, 0.3) is 0 Å². The molecule has 0 saturated heterocycles. The van der Waals surface area contributed by atoms with Crippen molar-refractivity contribution in [2.24, 2.45) is 0 Å². The summed E-state index contributed by atoms with van der Waals surface area (Å²) >= 11 is 12.1. The van der Waals surface area contributed by atoms with E-state index in [0.717, 1.165) is 18.4 Å². The fourth-order valence-corrected chi connectivity index (χ4v) is 3.68. The molecule has 8 heteroatoms. The molecule has 0 fully saturated rings. The van der Waals surface area contributed by atoms with Gasteiger partial charge in [0.1, 0.15) is 0 Å². The van der Waals surface area contributed by atoms with Crippen LogP contribution in [0.15, 0.2) is 36.4 Å². The van der Waals surface area contributed by atoms with Crippen molar-refractivity contribution in [3.8, 4) is 0 Å². The summed E-state index contributed by atoms with van der Waals surface area (Å²) in [5, 5.41) is 8.69. The van der Waals surface area contributed by atoms with E-state index in [1.165, 1.54) is 17.7 Å². The topological polar surface area (TPSA) is 96.2 Å². The number of hydrogen-bond donors (Lipinski definition) is 4. The molecule has 0 bridgehead atoms. The van der Waals surface area contributed by atoms with E-state index in [0.29, 0.717) is 0 Å². The number of fused-ring (bicyclic) bond motifs is 1. The van der Waals surface area contributed by atoms with Gasteiger partial charge in [-0.25, -0.2) is 4.79 Å². The SMILES string of the molecule is Nc1ccc(Cl)c(C(=O)NCCNC(=O)N[C@@H]2CCc3ccccc32)c1Cl. The molecule has 0 unspecified atom stereocenters. The van der Waals surface area contributed by atoms with Gasteiger partial charge in [-0.05, 0) is 36.1 Å². The molecule has 5 N–H and O–H groups in total. The van der Waals surface area contributed by atoms with E-state index in [1.54, 1.807) is 0 Å². The second kappa shape index (κ2) is 8.50. The van der Waals surface area contributed by atoms with Crippen molar-refractivity contribution in [2.75, 3.05) is 18.8 Å². The highest BCUT2D eigenvalue weighted by atomic mass is 35.5. The highest BCUT2D eigenvalue weighted by molar-refractivity contribution is 6.41. The Labute approximate surface area is 167 Å². The lowest BCUT2D eigenvalue weighted by molar-refractivity contribution is 0.0954. The van der Waals surface area contributed by atoms with E-state index in [1.807, 2.05) is 18.2 Å². The molecular weight excluding hydrogens is 387 g/mol. The second-order valence-corrected chi connectivity index (χ2v) is 7.06. The molecule has 0 spiro atoms. The lowest BCUT2D eigenvalue weighted by atomic mass is 10.1. The standard InChI is InChI=1S/C19H20Cl2N4O2/c20-13-6-7-14(22)17(21)16(13)18(26)23-9-10-24-19(27)25-15-8-5-11-3-1-2-4-12(11)15/h1-4,6-7,15H,5,8-10,22H2,(H,23,26)(H2,24,25,27)/t15-/m1/s1. The van der Waals surface area contributed by atoms with Crippen molar-refractivity contribution in [1.29, 1.82) is 0 Å². The third-order valence-electron chi connectivity index (χ3n) is 4.48. The number of nitrogen functional groups attached to an aromatic ring is 1. The van der Waals surface area contributed by atoms with Gasteiger partial charge in [0.05, 0.1) is 27.3 Å². The van der Waals surface area contributed by atoms with Gasteiger partial charge in [0.25, 0.3) is 5.91 Å². The van der Waals surface area contributed by atoms with Crippen LogP contribution in [0.5, 0.6) is 0 Å². The summed E-state index contributed by atoms with van der Waals surface area (Å²) < 4.78 is 0. The van der Waals surface area contributed by atoms with Crippen molar-refractivity contribution < 1.29 is 9.59 Å². The van der Waals surface area contributed by atoms with Gasteiger partial charge in [-0.2, -0.15) is 0 Å². The first-order chi connectivity index (χ1) is 13.0. The van der Waals surface area contributed by atoms with Gasteiger partial charge in [-0.3, -0.25) is 4.79 Å². The minimum Gasteiger partial charge on any atom is -0.398 e. The van der Waals surface area contributed by atoms with Gasteiger partial charge >= 0.3 is 6.03 Å². The Morgan fingerprint density at radius 1 is 1.07 bits per heavy atom. The van der Waals surface area contributed by atoms with Gasteiger partial charge in [0.15, 0.2) is 0 Å². The van der Waals surface area contributed by atoms with Crippen molar-refractivity contribution in [3.63, 3.8) is 0 Å². The van der Waals surface area contributed by atoms with E-state index in [4.69, 9.17) is 28.9 Å². The van der Waals surface area contributed by atoms with E-state index in [2.05, 4.69) is 22.0 Å². The van der Waals surface area contributed by atoms with Crippen molar-refractivity contribution in [2.45, 2.75) is 18.9 Å². The number of amides is 3. The lowest BCUT2D eigenvalue weighted by Crippen LogP contribution is -2.41. The smallest absolute Gasteiger partial charge is 0.315 e. The highest BCUT2D eigenvalue weighted by Crippen LogP contribution is 2.31. The van der Waals surface area contributed by atoms with Gasteiger partial charge in [0.2, 0.25) is 0 Å². The Kier molecular flexibility index (Phi) is 6.08. The number of nitrogens with one attached hydrogen (secondary N) is 3. The number of halogens is 2. The number of rotatable bonds is 5. The van der Waals surface area contributed by atoms with E-state index in [9.17, 15) is 9.59 Å². The number of carbonyl (C=O) groups is 2. The van der Waals surface area contributed by atoms with Gasteiger partial charge < -0.3 is 21.7 Å². The molecule has 0 heterocycles. The first-order valence-electron chi connectivity index (χ1n) is 8.61. The summed E-state index contributed by atoms with van der Waals surface area (Å²) in [7, 11) is 0. The molecule has 2 aromatic rings. The third kappa shape index (κ3) is 4.46. The first kappa shape index (κ1) is 19.3. The van der Waals surface area contributed by atoms with Gasteiger partial charge in [0, 0.05) is 13.1 Å². The Bertz CT molecular complexity index is 873. The summed E-state index contributed by atoms with van der Waals surface area (Å²) in [4.78, 5) is 24.3. The van der Waals surface area contributed by atoms with E-state index in [-0.39, 0.29) is 46.5 Å². The number of carbonyl (C=O) groups excluding carboxylic acids is 2. The van der Waals surface area contributed by atoms with Crippen molar-refractivity contribution in [1.82, 2.24) is 16.0 Å². The maximum Gasteiger partial charge on any atom is 0.315 e. The molecule has 0 radical (unpaired) electrons. The van der Waals surface area contributed by atoms with Crippen LogP contribution in [0, 0.1) is 0 Å². The van der Waals surface area contributed by atoms with Crippen LogP contribution in [0.2, 0.25) is 10.0 Å². The molecule has 3 rings (SSSR count). The molecule has 1 atom stereocenters. The number of anilines is 1. The molecule has 142 valence electrons. The van der Waals surface area contributed by atoms with E-state index < -0.39 is 5.91 Å². The van der Waals surface area contributed by atoms with Crippen LogP contribution in [-0.4, -0.2) is 25.0 Å². The normalized spacial score (nSPS) is 15.1. The van der Waals surface area contributed by atoms with Crippen LogP contribution < -0.4 is 21.7 Å². The minimum absolute atomic E-state index is 0.0145. The summed E-state index contributed by atoms with van der Waals surface area (Å²) in [6.45, 7) is 0.498. The Morgan fingerprint density at radius 3 is 2.63 bits per heavy atom. The zero-order chi connectivity index (χ0) is 19.4. The molecule has 0 aromatic heterocycles. The molecule has 0 aliphatic heterocycles. The zero-order valence-corrected chi connectivity index (χ0v) is 16.0. The Hall–Kier alpha value is -2.44. The third-order valence-corrected chi connectivity index (χ3v) is 5.20. The minimum atomic E-state index is -0.441. The first-order valence-corrected chi connectivity index (χ1v) is 9.37. The fourth-order valence-electron chi connectivity index (χ4n) is 3.13. The Balaban J connectivity index is 1.45. The molecule has 0 saturated carbocycles. The molecular formula is C19H20Cl2N4O2. The molecule has 3 amide bonds. The predicted octanol–water partition coefficient (Wildman–Crippen LogP) is 3.29. The van der Waals surface area contributed by atoms with Gasteiger partial charge in [-0.15, -0.1) is 0 Å². The summed E-state index contributed by atoms with van der Waals surface area (Å²) in [6.07, 6.45) is 1.84. The van der Waals surface area contributed by atoms with Crippen molar-refractivity contribution in [3.05, 3.63) is 63.1 Å². The number of urea groups is 1. The highest BCUT2D eigenvalue weighted by Gasteiger charge is 2.23. The molecule has 27 heavy (non-hydrogen) atoms. The van der Waals surface area contributed by atoms with Crippen LogP contribution in [-0.2, 0) is 6.42 Å². The predicted molar refractivity (Wildman–Crippen MR) is 107 cm³/mol. The largest absolute Gasteiger partial charge is 0.398 e. The maximum absolute atomic E-state index is 12.2. The number of benzene rings is 2. The second-order valence-electron chi connectivity index (χ2n) is 6.27. The number of aryl methyl sites for hydroxylation is 1. The summed E-state index contributed by atoms with van der Waals surface area (Å²) in [5.74, 6) is -0.441. The van der Waals surface area contributed by atoms with Crippen LogP contribution in [0.3, 0.4) is 0 Å². The average Bonchev–Trinajstić information content (AvgIpc) is 3.05. The Morgan fingerprint density at radius 2 is 1.81 bits per heavy atom. The molecule has 2 aromatic carbocycles. The number of hydrogen-bond acceptors (Lipinski definition) is 3. The molecule has 6 nitrogen and oxygen atoms in total. The van der Waals surface area contributed by atoms with E-state index >= 15 is 0 Å².